The summed E-state index contributed by atoms with van der Waals surface area (Å²) in [6.07, 6.45) is 19.7. The lowest BCUT2D eigenvalue weighted by molar-refractivity contribution is -0.139. The Balaban J connectivity index is 2.09. The molecule has 1 fully saturated rings. The number of ether oxygens (including phenoxy) is 3. The molecule has 0 amide bonds. The quantitative estimate of drug-likeness (QED) is 0.0228. The number of unbranched alkanes of at least 4 members (excludes halogenated alkanes) is 16. The Morgan fingerprint density at radius 3 is 2.02 bits per heavy atom. The van der Waals surface area contributed by atoms with E-state index < -0.39 is 43.2 Å². The summed E-state index contributed by atoms with van der Waals surface area (Å²) in [7, 11) is -5.21. The van der Waals surface area contributed by atoms with Crippen molar-refractivity contribution in [2.24, 2.45) is 5.11 Å². The molecule has 4 atom stereocenters. The maximum atomic E-state index is 12.6. The Morgan fingerprint density at radius 1 is 0.940 bits per heavy atom. The van der Waals surface area contributed by atoms with Crippen molar-refractivity contribution in [3.8, 4) is 0 Å². The highest BCUT2D eigenvalue weighted by Gasteiger charge is 2.50. The minimum absolute atomic E-state index is 0.108. The molecule has 0 aromatic carbocycles. The van der Waals surface area contributed by atoms with Crippen molar-refractivity contribution in [2.75, 3.05) is 19.8 Å². The zero-order valence-electron chi connectivity index (χ0n) is 30.8. The van der Waals surface area contributed by atoms with Crippen LogP contribution < -0.4 is 11.2 Å². The standard InChI is InChI=1S/C35H64N5O9P/c1-4-6-8-10-12-14-15-16-18-20-24-46-28-30(47-25-21-19-17-13-11-9-7-5-2)26-35(38-39-36,49-50(43,44)45)31-22-23-32(48-31)40-27-29(3)33(41)37-34(40)42/h27,30-32H,4-26,28H2,1-3H3,(H,37,41,42)(H2,43,44,45)/t30?,31-,32+,35?/m0/s1. The minimum atomic E-state index is -5.21. The Bertz CT molecular complexity index is 1280. The van der Waals surface area contributed by atoms with Gasteiger partial charge in [0.1, 0.15) is 6.23 Å². The van der Waals surface area contributed by atoms with Gasteiger partial charge in [0.2, 0.25) is 0 Å². The molecule has 15 heteroatoms. The molecule has 0 saturated carbocycles. The smallest absolute Gasteiger partial charge is 0.379 e. The van der Waals surface area contributed by atoms with Crippen LogP contribution >= 0.6 is 7.82 Å². The number of rotatable bonds is 30. The van der Waals surface area contributed by atoms with Crippen LogP contribution in [0.15, 0.2) is 20.9 Å². The molecule has 1 aliphatic rings. The Kier molecular flexibility index (Phi) is 22.1. The number of H-pyrrole nitrogens is 1. The fourth-order valence-corrected chi connectivity index (χ4v) is 7.11. The number of phosphoric ester groups is 1. The van der Waals surface area contributed by atoms with E-state index in [0.29, 0.717) is 18.8 Å². The number of aromatic nitrogens is 2. The summed E-state index contributed by atoms with van der Waals surface area (Å²) >= 11 is 0. The molecule has 288 valence electrons. The molecule has 0 bridgehead atoms. The first-order valence-electron chi connectivity index (χ1n) is 19.0. The molecule has 2 heterocycles. The van der Waals surface area contributed by atoms with Crippen molar-refractivity contribution >= 4 is 7.82 Å². The summed E-state index contributed by atoms with van der Waals surface area (Å²) in [5.74, 6) is 0. The van der Waals surface area contributed by atoms with Crippen LogP contribution in [0, 0.1) is 6.92 Å². The van der Waals surface area contributed by atoms with Gasteiger partial charge in [0.05, 0.1) is 18.8 Å². The van der Waals surface area contributed by atoms with Gasteiger partial charge in [-0.25, -0.2) is 9.36 Å². The number of phosphoric acid groups is 1. The normalized spacial score (nSPS) is 18.2. The second-order valence-corrected chi connectivity index (χ2v) is 14.8. The highest BCUT2D eigenvalue weighted by molar-refractivity contribution is 7.46. The molecular formula is C35H64N5O9P. The summed E-state index contributed by atoms with van der Waals surface area (Å²) in [5, 5.41) is 3.81. The van der Waals surface area contributed by atoms with Gasteiger partial charge in [-0.15, -0.1) is 0 Å². The van der Waals surface area contributed by atoms with Crippen molar-refractivity contribution in [1.29, 1.82) is 0 Å². The maximum Gasteiger partial charge on any atom is 0.470 e. The molecule has 1 aliphatic heterocycles. The van der Waals surface area contributed by atoms with Gasteiger partial charge in [0.25, 0.3) is 5.56 Å². The summed E-state index contributed by atoms with van der Waals surface area (Å²) in [4.78, 5) is 49.6. The van der Waals surface area contributed by atoms with Gasteiger partial charge in [-0.3, -0.25) is 18.9 Å². The molecule has 0 aliphatic carbocycles. The maximum absolute atomic E-state index is 12.6. The zero-order chi connectivity index (χ0) is 36.7. The summed E-state index contributed by atoms with van der Waals surface area (Å²) in [5.41, 5.74) is 6.52. The average molecular weight is 730 g/mol. The zero-order valence-corrected chi connectivity index (χ0v) is 31.7. The first kappa shape index (κ1) is 44.1. The fourth-order valence-electron chi connectivity index (χ4n) is 6.47. The van der Waals surface area contributed by atoms with E-state index in [1.165, 1.54) is 87.8 Å². The minimum Gasteiger partial charge on any atom is -0.379 e. The molecule has 1 saturated heterocycles. The molecule has 2 unspecified atom stereocenters. The van der Waals surface area contributed by atoms with Gasteiger partial charge < -0.3 is 24.0 Å². The van der Waals surface area contributed by atoms with E-state index >= 15 is 0 Å². The van der Waals surface area contributed by atoms with E-state index in [0.717, 1.165) is 38.5 Å². The average Bonchev–Trinajstić information content (AvgIpc) is 3.56. The number of hydrogen-bond donors (Lipinski definition) is 3. The number of nitrogens with one attached hydrogen (secondary N) is 1. The predicted molar refractivity (Wildman–Crippen MR) is 194 cm³/mol. The van der Waals surface area contributed by atoms with Crippen LogP contribution in [0.25, 0.3) is 10.4 Å². The monoisotopic (exact) mass is 729 g/mol. The van der Waals surface area contributed by atoms with Gasteiger partial charge in [-0.05, 0) is 38.1 Å². The Morgan fingerprint density at radius 2 is 1.48 bits per heavy atom. The van der Waals surface area contributed by atoms with Crippen LogP contribution in [0.4, 0.5) is 0 Å². The van der Waals surface area contributed by atoms with E-state index in [1.54, 1.807) is 6.92 Å². The third kappa shape index (κ3) is 17.5. The van der Waals surface area contributed by atoms with Crippen LogP contribution in [-0.4, -0.2) is 57.1 Å². The van der Waals surface area contributed by atoms with Crippen LogP contribution in [0.5, 0.6) is 0 Å². The molecule has 2 rings (SSSR count). The van der Waals surface area contributed by atoms with E-state index in [1.807, 2.05) is 0 Å². The second-order valence-electron chi connectivity index (χ2n) is 13.7. The molecule has 0 radical (unpaired) electrons. The number of hydrogen-bond acceptors (Lipinski definition) is 8. The second kappa shape index (κ2) is 25.0. The van der Waals surface area contributed by atoms with Crippen molar-refractivity contribution in [2.45, 2.75) is 180 Å². The number of aryl methyl sites for hydroxylation is 1. The number of aromatic amines is 1. The van der Waals surface area contributed by atoms with Crippen LogP contribution in [0.2, 0.25) is 0 Å². The lowest BCUT2D eigenvalue weighted by Gasteiger charge is -2.36. The van der Waals surface area contributed by atoms with Gasteiger partial charge in [0, 0.05) is 36.3 Å². The topological polar surface area (TPSA) is 198 Å². The molecule has 14 nitrogen and oxygen atoms in total. The molecule has 0 spiro atoms. The van der Waals surface area contributed by atoms with Crippen molar-refractivity contribution in [3.63, 3.8) is 0 Å². The van der Waals surface area contributed by atoms with E-state index in [-0.39, 0.29) is 25.9 Å². The van der Waals surface area contributed by atoms with Crippen LogP contribution in [-0.2, 0) is 23.3 Å². The predicted octanol–water partition coefficient (Wildman–Crippen LogP) is 8.49. The molecule has 50 heavy (non-hydrogen) atoms. The Hall–Kier alpha value is -2.02. The van der Waals surface area contributed by atoms with Crippen molar-refractivity contribution < 1.29 is 33.1 Å². The first-order valence-corrected chi connectivity index (χ1v) is 20.6. The van der Waals surface area contributed by atoms with E-state index in [4.69, 9.17) is 18.7 Å². The summed E-state index contributed by atoms with van der Waals surface area (Å²) < 4.78 is 37.2. The number of azide groups is 1. The molecule has 1 aromatic heterocycles. The molecular weight excluding hydrogens is 665 g/mol. The molecule has 1 aromatic rings. The van der Waals surface area contributed by atoms with Gasteiger partial charge in [0.15, 0.2) is 5.72 Å². The third-order valence-electron chi connectivity index (χ3n) is 9.26. The highest BCUT2D eigenvalue weighted by Crippen LogP contribution is 2.49. The van der Waals surface area contributed by atoms with Gasteiger partial charge >= 0.3 is 13.5 Å². The summed E-state index contributed by atoms with van der Waals surface area (Å²) in [6.45, 7) is 6.97. The van der Waals surface area contributed by atoms with Crippen LogP contribution in [0.1, 0.15) is 160 Å². The summed E-state index contributed by atoms with van der Waals surface area (Å²) in [6, 6.07) is 0. The molecule has 3 N–H and O–H groups in total. The van der Waals surface area contributed by atoms with Crippen molar-refractivity contribution in [3.05, 3.63) is 43.0 Å². The fraction of sp³-hybridized carbons (Fsp3) is 0.886. The lowest BCUT2D eigenvalue weighted by Crippen LogP contribution is -2.46. The Labute approximate surface area is 297 Å². The van der Waals surface area contributed by atoms with Gasteiger partial charge in [-0.2, -0.15) is 0 Å². The largest absolute Gasteiger partial charge is 0.470 e. The van der Waals surface area contributed by atoms with E-state index in [9.17, 15) is 29.5 Å². The van der Waals surface area contributed by atoms with Crippen molar-refractivity contribution in [1.82, 2.24) is 9.55 Å². The van der Waals surface area contributed by atoms with Gasteiger partial charge in [-0.1, -0.05) is 122 Å². The number of nitrogens with zero attached hydrogens (tertiary/aromatic N) is 4. The van der Waals surface area contributed by atoms with Crippen LogP contribution in [0.3, 0.4) is 0 Å². The highest BCUT2D eigenvalue weighted by atomic mass is 31.2. The SMILES string of the molecule is CCCCCCCCCCCCOCC(CC(N=[N+]=[N-])(OP(=O)(O)O)[C@@H]1CC[C@H](n2cc(C)c(=O)[nH]c2=O)O1)OCCCCCCCCCC. The van der Waals surface area contributed by atoms with E-state index in [2.05, 4.69) is 28.9 Å². The lowest BCUT2D eigenvalue weighted by atomic mass is 9.97. The third-order valence-corrected chi connectivity index (χ3v) is 9.82. The first-order chi connectivity index (χ1) is 24.0.